The zero-order valence-electron chi connectivity index (χ0n) is 16.6. The summed E-state index contributed by atoms with van der Waals surface area (Å²) in [6.07, 6.45) is 11.5. The molecule has 0 fully saturated rings. The fraction of sp³-hybridized carbons (Fsp3) is 0.545. The van der Waals surface area contributed by atoms with E-state index in [0.717, 1.165) is 24.0 Å². The van der Waals surface area contributed by atoms with Crippen molar-refractivity contribution in [1.29, 1.82) is 0 Å². The summed E-state index contributed by atoms with van der Waals surface area (Å²) in [5.74, 6) is -0.0971. The van der Waals surface area contributed by atoms with Gasteiger partial charge in [0.25, 0.3) is 0 Å². The maximum Gasteiger partial charge on any atom is 0.302 e. The number of hydrogen-bond donors (Lipinski definition) is 0. The largest absolute Gasteiger partial charge is 0.462 e. The molecular weight excluding hydrogens is 312 g/mol. The molecule has 0 saturated heterocycles. The van der Waals surface area contributed by atoms with Crippen molar-refractivity contribution in [3.8, 4) is 0 Å². The van der Waals surface area contributed by atoms with Crippen molar-refractivity contribution >= 4 is 11.8 Å². The zero-order chi connectivity index (χ0) is 19.0. The van der Waals surface area contributed by atoms with E-state index in [2.05, 4.69) is 20.8 Å². The molecule has 0 saturated carbocycles. The van der Waals surface area contributed by atoms with E-state index in [1.54, 1.807) is 0 Å². The highest BCUT2D eigenvalue weighted by Crippen LogP contribution is 2.42. The number of ketones is 1. The topological polar surface area (TPSA) is 43.4 Å². The van der Waals surface area contributed by atoms with Crippen molar-refractivity contribution < 1.29 is 14.3 Å². The number of carbonyl (C=O) groups excluding carboxylic acids is 2. The predicted molar refractivity (Wildman–Crippen MR) is 103 cm³/mol. The number of hydrogen-bond acceptors (Lipinski definition) is 3. The molecule has 0 bridgehead atoms. The summed E-state index contributed by atoms with van der Waals surface area (Å²) in [7, 11) is 0. The molecule has 0 aromatic heterocycles. The maximum atomic E-state index is 12.6. The Hall–Kier alpha value is -1.90. The van der Waals surface area contributed by atoms with E-state index in [-0.39, 0.29) is 23.8 Å². The predicted octanol–water partition coefficient (Wildman–Crippen LogP) is 5.48. The Morgan fingerprint density at radius 3 is 2.48 bits per heavy atom. The molecule has 0 heterocycles. The summed E-state index contributed by atoms with van der Waals surface area (Å²) in [6.45, 7) is 12.1. The van der Waals surface area contributed by atoms with Crippen molar-refractivity contribution in [2.45, 2.75) is 67.2 Å². The summed E-state index contributed by atoms with van der Waals surface area (Å²) in [5.41, 5.74) is 4.59. The summed E-state index contributed by atoms with van der Waals surface area (Å²) >= 11 is 0. The van der Waals surface area contributed by atoms with E-state index in [1.807, 2.05) is 38.2 Å². The van der Waals surface area contributed by atoms with Gasteiger partial charge in [-0.2, -0.15) is 0 Å². The number of esters is 1. The minimum absolute atomic E-state index is 0.129. The molecule has 3 nitrogen and oxygen atoms in total. The molecule has 138 valence electrons. The highest BCUT2D eigenvalue weighted by molar-refractivity contribution is 5.96. The summed E-state index contributed by atoms with van der Waals surface area (Å²) < 4.78 is 4.87. The van der Waals surface area contributed by atoms with Gasteiger partial charge < -0.3 is 4.74 Å². The molecule has 0 radical (unpaired) electrons. The van der Waals surface area contributed by atoms with E-state index >= 15 is 0 Å². The minimum Gasteiger partial charge on any atom is -0.462 e. The van der Waals surface area contributed by atoms with Gasteiger partial charge in [-0.05, 0) is 57.1 Å². The van der Waals surface area contributed by atoms with Crippen molar-refractivity contribution in [3.05, 3.63) is 46.6 Å². The van der Waals surface area contributed by atoms with Crippen molar-refractivity contribution in [3.63, 3.8) is 0 Å². The number of ether oxygens (including phenoxy) is 1. The second-order valence-electron chi connectivity index (χ2n) is 7.56. The molecular formula is C22H32O3. The second-order valence-corrected chi connectivity index (χ2v) is 7.56. The third-order valence-electron chi connectivity index (χ3n) is 4.86. The lowest BCUT2D eigenvalue weighted by molar-refractivity contribution is -0.139. The van der Waals surface area contributed by atoms with Crippen molar-refractivity contribution in [2.75, 3.05) is 6.61 Å². The van der Waals surface area contributed by atoms with Gasteiger partial charge in [-0.1, -0.05) is 48.8 Å². The third kappa shape index (κ3) is 7.25. The smallest absolute Gasteiger partial charge is 0.302 e. The van der Waals surface area contributed by atoms with Crippen LogP contribution in [0.25, 0.3) is 0 Å². The van der Waals surface area contributed by atoms with Gasteiger partial charge in [0.15, 0.2) is 5.78 Å². The molecule has 1 rings (SSSR count). The van der Waals surface area contributed by atoms with Crippen LogP contribution in [0.1, 0.15) is 67.2 Å². The van der Waals surface area contributed by atoms with Gasteiger partial charge in [0.05, 0.1) is 0 Å². The highest BCUT2D eigenvalue weighted by atomic mass is 16.5. The Labute approximate surface area is 152 Å². The quantitative estimate of drug-likeness (QED) is 0.266. The lowest BCUT2D eigenvalue weighted by Crippen LogP contribution is -2.22. The lowest BCUT2D eigenvalue weighted by atomic mass is 9.71. The van der Waals surface area contributed by atoms with Gasteiger partial charge in [-0.25, -0.2) is 0 Å². The Bertz CT molecular complexity index is 628. The van der Waals surface area contributed by atoms with Crippen LogP contribution in [0.5, 0.6) is 0 Å². The maximum absolute atomic E-state index is 12.6. The first-order valence-corrected chi connectivity index (χ1v) is 9.01. The van der Waals surface area contributed by atoms with Gasteiger partial charge >= 0.3 is 5.97 Å². The van der Waals surface area contributed by atoms with E-state index in [9.17, 15) is 9.59 Å². The molecule has 1 aliphatic carbocycles. The first-order valence-electron chi connectivity index (χ1n) is 9.01. The summed E-state index contributed by atoms with van der Waals surface area (Å²) in [6, 6.07) is 0. The van der Waals surface area contributed by atoms with Crippen LogP contribution in [-0.2, 0) is 14.3 Å². The van der Waals surface area contributed by atoms with Gasteiger partial charge in [-0.15, -0.1) is 0 Å². The standard InChI is InChI=1S/C22H32O3/c1-16(12-14-25-19(4)23)9-7-10-18(3)21(24)15-20-17(2)11-8-13-22(20,5)6/h7,9-10,12H,8,11,13-15H2,1-6H3/b9-7+,16-12?,18-10?. The van der Waals surface area contributed by atoms with Crippen LogP contribution in [-0.4, -0.2) is 18.4 Å². The van der Waals surface area contributed by atoms with Crippen LogP contribution in [0.4, 0.5) is 0 Å². The average molecular weight is 344 g/mol. The van der Waals surface area contributed by atoms with Crippen LogP contribution < -0.4 is 0 Å². The Kier molecular flexibility index (Phi) is 8.08. The molecule has 0 aromatic rings. The number of allylic oxidation sites excluding steroid dienone is 7. The zero-order valence-corrected chi connectivity index (χ0v) is 16.6. The monoisotopic (exact) mass is 344 g/mol. The molecule has 25 heavy (non-hydrogen) atoms. The Balaban J connectivity index is 2.68. The summed E-state index contributed by atoms with van der Waals surface area (Å²) in [4.78, 5) is 23.3. The fourth-order valence-corrected chi connectivity index (χ4v) is 3.16. The van der Waals surface area contributed by atoms with Crippen LogP contribution in [0.2, 0.25) is 0 Å². The van der Waals surface area contributed by atoms with Crippen LogP contribution in [0.15, 0.2) is 46.6 Å². The van der Waals surface area contributed by atoms with Gasteiger partial charge in [0.2, 0.25) is 0 Å². The molecule has 0 N–H and O–H groups in total. The van der Waals surface area contributed by atoms with E-state index in [1.165, 1.54) is 24.5 Å². The highest BCUT2D eigenvalue weighted by Gasteiger charge is 2.29. The van der Waals surface area contributed by atoms with E-state index in [0.29, 0.717) is 6.42 Å². The number of carbonyl (C=O) groups is 2. The Morgan fingerprint density at radius 1 is 1.20 bits per heavy atom. The summed E-state index contributed by atoms with van der Waals surface area (Å²) in [5, 5.41) is 0. The first kappa shape index (κ1) is 21.1. The van der Waals surface area contributed by atoms with Crippen LogP contribution in [0, 0.1) is 5.41 Å². The number of rotatable bonds is 7. The molecule has 0 amide bonds. The van der Waals surface area contributed by atoms with Crippen LogP contribution in [0.3, 0.4) is 0 Å². The van der Waals surface area contributed by atoms with Gasteiger partial charge in [0.1, 0.15) is 6.61 Å². The normalized spacial score (nSPS) is 18.6. The molecule has 0 atom stereocenters. The molecule has 0 aliphatic heterocycles. The average Bonchev–Trinajstić information content (AvgIpc) is 2.50. The SMILES string of the molecule is CC(=O)OCC=C(C)/C=C/C=C(C)C(=O)CC1=C(C)CCCC1(C)C. The Morgan fingerprint density at radius 2 is 1.88 bits per heavy atom. The van der Waals surface area contributed by atoms with E-state index in [4.69, 9.17) is 4.74 Å². The third-order valence-corrected chi connectivity index (χ3v) is 4.86. The van der Waals surface area contributed by atoms with Crippen LogP contribution >= 0.6 is 0 Å². The van der Waals surface area contributed by atoms with Gasteiger partial charge in [-0.3, -0.25) is 9.59 Å². The number of Topliss-reactive ketones (excluding diaryl/α,β-unsaturated/α-hetero) is 1. The lowest BCUT2D eigenvalue weighted by Gasteiger charge is -2.34. The first-order chi connectivity index (χ1) is 11.6. The molecule has 1 aliphatic rings. The minimum atomic E-state index is -0.287. The molecule has 3 heteroatoms. The van der Waals surface area contributed by atoms with Gasteiger partial charge in [0, 0.05) is 13.3 Å². The van der Waals surface area contributed by atoms with Crippen molar-refractivity contribution in [1.82, 2.24) is 0 Å². The fourth-order valence-electron chi connectivity index (χ4n) is 3.16. The molecule has 0 aromatic carbocycles. The molecule has 0 spiro atoms. The second kappa shape index (κ2) is 9.55. The molecule has 0 unspecified atom stereocenters. The van der Waals surface area contributed by atoms with E-state index < -0.39 is 0 Å². The van der Waals surface area contributed by atoms with Crippen molar-refractivity contribution in [2.24, 2.45) is 5.41 Å².